The Hall–Kier alpha value is -1.66. The minimum atomic E-state index is -0.434. The van der Waals surface area contributed by atoms with Crippen LogP contribution in [0.2, 0.25) is 0 Å². The topological polar surface area (TPSA) is 64.6 Å². The Morgan fingerprint density at radius 2 is 2.18 bits per heavy atom. The molecule has 5 nitrogen and oxygen atoms in total. The smallest absolute Gasteiger partial charge is 0.315 e. The van der Waals surface area contributed by atoms with Gasteiger partial charge >= 0.3 is 6.03 Å². The highest BCUT2D eigenvalue weighted by molar-refractivity contribution is 5.74. The third-order valence-corrected chi connectivity index (χ3v) is 4.20. The molecule has 0 spiro atoms. The second-order valence-electron chi connectivity index (χ2n) is 6.04. The molecule has 2 amide bonds. The van der Waals surface area contributed by atoms with Crippen LogP contribution in [0, 0.1) is 5.82 Å². The summed E-state index contributed by atoms with van der Waals surface area (Å²) >= 11 is 0. The van der Waals surface area contributed by atoms with E-state index in [1.807, 2.05) is 0 Å². The lowest BCUT2D eigenvalue weighted by molar-refractivity contribution is 0.235. The molecule has 0 saturated heterocycles. The van der Waals surface area contributed by atoms with Gasteiger partial charge in [-0.25, -0.2) is 9.18 Å². The summed E-state index contributed by atoms with van der Waals surface area (Å²) in [6, 6.07) is 4.99. The van der Waals surface area contributed by atoms with Crippen molar-refractivity contribution in [3.05, 3.63) is 35.1 Å². The second-order valence-corrected chi connectivity index (χ2v) is 6.04. The number of amides is 2. The van der Waals surface area contributed by atoms with E-state index in [1.165, 1.54) is 6.07 Å². The number of halogens is 1. The van der Waals surface area contributed by atoms with Gasteiger partial charge in [0.05, 0.1) is 6.61 Å². The average molecular weight is 309 g/mol. The fourth-order valence-electron chi connectivity index (χ4n) is 2.84. The highest BCUT2D eigenvalue weighted by atomic mass is 19.1. The number of urea groups is 1. The normalized spacial score (nSPS) is 21.1. The van der Waals surface area contributed by atoms with Gasteiger partial charge in [-0.3, -0.25) is 0 Å². The van der Waals surface area contributed by atoms with E-state index in [4.69, 9.17) is 5.11 Å². The number of hydrogen-bond donors (Lipinski definition) is 3. The van der Waals surface area contributed by atoms with Gasteiger partial charge in [0.25, 0.3) is 0 Å². The Balaban J connectivity index is 1.79. The number of aliphatic hydroxyl groups excluding tert-OH is 1. The standard InChI is InChI=1S/C16H24FN3O2/c1-20(2)14-5-4-13(8-14)19-16(22)18-9-11-3-6-15(17)12(7-11)10-21/h3,6-7,13-14,21H,4-5,8-10H2,1-2H3,(H2,18,19,22). The fraction of sp³-hybridized carbons (Fsp3) is 0.562. The lowest BCUT2D eigenvalue weighted by Crippen LogP contribution is -2.41. The SMILES string of the molecule is CN(C)C1CCC(NC(=O)NCc2ccc(F)c(CO)c2)C1. The molecule has 0 bridgehead atoms. The van der Waals surface area contributed by atoms with E-state index in [-0.39, 0.29) is 24.2 Å². The van der Waals surface area contributed by atoms with Crippen LogP contribution in [-0.2, 0) is 13.2 Å². The molecule has 1 saturated carbocycles. The predicted molar refractivity (Wildman–Crippen MR) is 82.8 cm³/mol. The number of nitrogens with zero attached hydrogens (tertiary/aromatic N) is 1. The van der Waals surface area contributed by atoms with E-state index >= 15 is 0 Å². The molecule has 2 atom stereocenters. The van der Waals surface area contributed by atoms with Gasteiger partial charge in [-0.1, -0.05) is 6.07 Å². The van der Waals surface area contributed by atoms with Gasteiger partial charge < -0.3 is 20.6 Å². The minimum absolute atomic E-state index is 0.202. The summed E-state index contributed by atoms with van der Waals surface area (Å²) in [5, 5.41) is 14.8. The van der Waals surface area contributed by atoms with E-state index < -0.39 is 5.82 Å². The molecule has 1 aliphatic rings. The van der Waals surface area contributed by atoms with Crippen LogP contribution in [-0.4, -0.2) is 42.2 Å². The highest BCUT2D eigenvalue weighted by Crippen LogP contribution is 2.22. The lowest BCUT2D eigenvalue weighted by Gasteiger charge is -2.19. The van der Waals surface area contributed by atoms with Crippen molar-refractivity contribution in [2.75, 3.05) is 14.1 Å². The molecule has 1 aliphatic carbocycles. The van der Waals surface area contributed by atoms with Crippen LogP contribution in [0.1, 0.15) is 30.4 Å². The van der Waals surface area contributed by atoms with E-state index in [0.29, 0.717) is 12.6 Å². The first-order valence-electron chi connectivity index (χ1n) is 7.58. The quantitative estimate of drug-likeness (QED) is 0.774. The van der Waals surface area contributed by atoms with Crippen molar-refractivity contribution in [2.24, 2.45) is 0 Å². The summed E-state index contributed by atoms with van der Waals surface area (Å²) in [6.45, 7) is -0.0389. The van der Waals surface area contributed by atoms with Gasteiger partial charge in [-0.2, -0.15) is 0 Å². The van der Waals surface area contributed by atoms with E-state index in [0.717, 1.165) is 24.8 Å². The Kier molecular flexibility index (Phi) is 5.74. The maximum atomic E-state index is 13.3. The number of aliphatic hydroxyl groups is 1. The predicted octanol–water partition coefficient (Wildman–Crippen LogP) is 1.60. The van der Waals surface area contributed by atoms with Gasteiger partial charge in [-0.15, -0.1) is 0 Å². The minimum Gasteiger partial charge on any atom is -0.392 e. The second kappa shape index (κ2) is 7.56. The number of rotatable bonds is 5. The van der Waals surface area contributed by atoms with Crippen LogP contribution in [0.25, 0.3) is 0 Å². The summed E-state index contributed by atoms with van der Waals surface area (Å²) in [4.78, 5) is 14.1. The largest absolute Gasteiger partial charge is 0.392 e. The van der Waals surface area contributed by atoms with Crippen molar-refractivity contribution in [3.63, 3.8) is 0 Å². The summed E-state index contributed by atoms with van der Waals surface area (Å²) in [7, 11) is 4.11. The molecular formula is C16H24FN3O2. The Morgan fingerprint density at radius 1 is 1.41 bits per heavy atom. The Bertz CT molecular complexity index is 522. The zero-order valence-corrected chi connectivity index (χ0v) is 13.1. The molecule has 1 aromatic rings. The van der Waals surface area contributed by atoms with Crippen LogP contribution in [0.3, 0.4) is 0 Å². The first-order chi connectivity index (χ1) is 10.5. The molecule has 1 aromatic carbocycles. The van der Waals surface area contributed by atoms with Crippen molar-refractivity contribution in [2.45, 2.75) is 44.5 Å². The third-order valence-electron chi connectivity index (χ3n) is 4.20. The molecule has 22 heavy (non-hydrogen) atoms. The van der Waals surface area contributed by atoms with Gasteiger partial charge in [0.1, 0.15) is 5.82 Å². The number of carbonyl (C=O) groups is 1. The van der Waals surface area contributed by atoms with Gasteiger partial charge in [0, 0.05) is 24.2 Å². The number of nitrogens with one attached hydrogen (secondary N) is 2. The van der Waals surface area contributed by atoms with Crippen LogP contribution >= 0.6 is 0 Å². The number of hydrogen-bond acceptors (Lipinski definition) is 3. The first kappa shape index (κ1) is 16.7. The molecule has 2 rings (SSSR count). The van der Waals surface area contributed by atoms with Gasteiger partial charge in [0.2, 0.25) is 0 Å². The zero-order valence-electron chi connectivity index (χ0n) is 13.1. The molecule has 0 radical (unpaired) electrons. The van der Waals surface area contributed by atoms with Crippen molar-refractivity contribution in [3.8, 4) is 0 Å². The molecule has 0 aromatic heterocycles. The Labute approximate surface area is 130 Å². The van der Waals surface area contributed by atoms with Crippen LogP contribution in [0.5, 0.6) is 0 Å². The van der Waals surface area contributed by atoms with E-state index in [1.54, 1.807) is 12.1 Å². The van der Waals surface area contributed by atoms with Crippen molar-refractivity contribution < 1.29 is 14.3 Å². The molecule has 2 unspecified atom stereocenters. The fourth-order valence-corrected chi connectivity index (χ4v) is 2.84. The van der Waals surface area contributed by atoms with Crippen LogP contribution in [0.4, 0.5) is 9.18 Å². The summed E-state index contributed by atoms with van der Waals surface area (Å²) < 4.78 is 13.3. The molecule has 0 aliphatic heterocycles. The molecule has 3 N–H and O–H groups in total. The van der Waals surface area contributed by atoms with E-state index in [9.17, 15) is 9.18 Å². The molecule has 122 valence electrons. The third kappa shape index (κ3) is 4.42. The van der Waals surface area contributed by atoms with Gasteiger partial charge in [-0.05, 0) is 51.1 Å². The summed E-state index contributed by atoms with van der Waals surface area (Å²) in [5.41, 5.74) is 1.00. The number of carbonyl (C=O) groups excluding carboxylic acids is 1. The van der Waals surface area contributed by atoms with Crippen LogP contribution in [0.15, 0.2) is 18.2 Å². The lowest BCUT2D eigenvalue weighted by atomic mass is 10.1. The Morgan fingerprint density at radius 3 is 2.82 bits per heavy atom. The number of benzene rings is 1. The molecular weight excluding hydrogens is 285 g/mol. The monoisotopic (exact) mass is 309 g/mol. The van der Waals surface area contributed by atoms with E-state index in [2.05, 4.69) is 29.6 Å². The summed E-state index contributed by atoms with van der Waals surface area (Å²) in [6.07, 6.45) is 3.04. The average Bonchev–Trinajstić information content (AvgIpc) is 2.95. The first-order valence-corrected chi connectivity index (χ1v) is 7.58. The molecule has 6 heteroatoms. The van der Waals surface area contributed by atoms with Gasteiger partial charge in [0.15, 0.2) is 0 Å². The van der Waals surface area contributed by atoms with Crippen molar-refractivity contribution in [1.29, 1.82) is 0 Å². The molecule has 0 heterocycles. The summed E-state index contributed by atoms with van der Waals surface area (Å²) in [5.74, 6) is -0.434. The zero-order chi connectivity index (χ0) is 16.1. The maximum Gasteiger partial charge on any atom is 0.315 e. The van der Waals surface area contributed by atoms with Crippen molar-refractivity contribution in [1.82, 2.24) is 15.5 Å². The maximum absolute atomic E-state index is 13.3. The van der Waals surface area contributed by atoms with Crippen LogP contribution < -0.4 is 10.6 Å². The highest BCUT2D eigenvalue weighted by Gasteiger charge is 2.26. The van der Waals surface area contributed by atoms with Crippen molar-refractivity contribution >= 4 is 6.03 Å². The molecule has 1 fully saturated rings.